The Morgan fingerprint density at radius 1 is 1.31 bits per heavy atom. The van der Waals surface area contributed by atoms with Crippen LogP contribution in [0.3, 0.4) is 0 Å². The molecule has 0 spiro atoms. The maximum Gasteiger partial charge on any atom is 0.258 e. The van der Waals surface area contributed by atoms with Crippen molar-refractivity contribution in [1.82, 2.24) is 5.32 Å². The Morgan fingerprint density at radius 3 is 2.81 bits per heavy atom. The largest absolute Gasteiger partial charge is 0.487 e. The number of fused-ring (bicyclic) bond motifs is 1. The molecule has 0 fully saturated rings. The Morgan fingerprint density at radius 2 is 2.08 bits per heavy atom. The summed E-state index contributed by atoms with van der Waals surface area (Å²) in [4.78, 5) is 12.4. The van der Waals surface area contributed by atoms with Gasteiger partial charge in [0.2, 0.25) is 0 Å². The third-order valence-corrected chi connectivity index (χ3v) is 5.09. The van der Waals surface area contributed by atoms with Gasteiger partial charge in [-0.2, -0.15) is 0 Å². The standard InChI is InChI=1S/C21H24BrNO3/c1-4-14-9-10-19(16(22)11-14)25-13-20(24)23-17-12-21(2,3)26-18-8-6-5-7-15(17)18/h5-11,17H,4,12-13H2,1-3H3,(H,23,24). The van der Waals surface area contributed by atoms with E-state index in [1.54, 1.807) is 0 Å². The molecular weight excluding hydrogens is 394 g/mol. The Kier molecular flexibility index (Phi) is 5.56. The summed E-state index contributed by atoms with van der Waals surface area (Å²) >= 11 is 3.50. The molecule has 0 radical (unpaired) electrons. The number of carbonyl (C=O) groups is 1. The van der Waals surface area contributed by atoms with E-state index >= 15 is 0 Å². The highest BCUT2D eigenvalue weighted by Gasteiger charge is 2.34. The van der Waals surface area contributed by atoms with E-state index in [-0.39, 0.29) is 24.2 Å². The molecule has 2 aromatic rings. The number of aryl methyl sites for hydroxylation is 1. The van der Waals surface area contributed by atoms with Crippen molar-refractivity contribution in [3.8, 4) is 11.5 Å². The summed E-state index contributed by atoms with van der Waals surface area (Å²) in [6.07, 6.45) is 1.67. The van der Waals surface area contributed by atoms with Crippen LogP contribution in [0.4, 0.5) is 0 Å². The Bertz CT molecular complexity index is 804. The van der Waals surface area contributed by atoms with Crippen molar-refractivity contribution in [3.63, 3.8) is 0 Å². The molecule has 1 aliphatic heterocycles. The van der Waals surface area contributed by atoms with Crippen LogP contribution in [0, 0.1) is 0 Å². The summed E-state index contributed by atoms with van der Waals surface area (Å²) < 4.78 is 12.6. The Labute approximate surface area is 163 Å². The second-order valence-electron chi connectivity index (χ2n) is 7.13. The fraction of sp³-hybridized carbons (Fsp3) is 0.381. The van der Waals surface area contributed by atoms with Gasteiger partial charge in [-0.3, -0.25) is 4.79 Å². The zero-order valence-electron chi connectivity index (χ0n) is 15.3. The predicted molar refractivity (Wildman–Crippen MR) is 106 cm³/mol. The first-order valence-corrected chi connectivity index (χ1v) is 9.66. The van der Waals surface area contributed by atoms with Crippen LogP contribution < -0.4 is 14.8 Å². The number of halogens is 1. The molecule has 1 aliphatic rings. The number of para-hydroxylation sites is 1. The lowest BCUT2D eigenvalue weighted by molar-refractivity contribution is -0.124. The maximum absolute atomic E-state index is 12.4. The van der Waals surface area contributed by atoms with Gasteiger partial charge in [-0.1, -0.05) is 31.2 Å². The van der Waals surface area contributed by atoms with Crippen molar-refractivity contribution in [2.24, 2.45) is 0 Å². The van der Waals surface area contributed by atoms with Gasteiger partial charge in [0.05, 0.1) is 10.5 Å². The third-order valence-electron chi connectivity index (χ3n) is 4.47. The van der Waals surface area contributed by atoms with Crippen molar-refractivity contribution < 1.29 is 14.3 Å². The minimum Gasteiger partial charge on any atom is -0.487 e. The van der Waals surface area contributed by atoms with Crippen molar-refractivity contribution in [2.45, 2.75) is 45.3 Å². The van der Waals surface area contributed by atoms with E-state index in [1.807, 2.05) is 56.3 Å². The number of hydrogen-bond donors (Lipinski definition) is 1. The van der Waals surface area contributed by atoms with E-state index in [4.69, 9.17) is 9.47 Å². The monoisotopic (exact) mass is 417 g/mol. The van der Waals surface area contributed by atoms with Gasteiger partial charge in [0.1, 0.15) is 17.1 Å². The highest BCUT2D eigenvalue weighted by atomic mass is 79.9. The van der Waals surface area contributed by atoms with Gasteiger partial charge in [-0.05, 0) is 60.0 Å². The maximum atomic E-state index is 12.4. The average Bonchev–Trinajstić information content (AvgIpc) is 2.59. The minimum absolute atomic E-state index is 0.0238. The first kappa shape index (κ1) is 18.8. The third kappa shape index (κ3) is 4.39. The summed E-state index contributed by atoms with van der Waals surface area (Å²) in [5.41, 5.74) is 1.90. The second kappa shape index (κ2) is 7.70. The van der Waals surface area contributed by atoms with Crippen LogP contribution in [0.1, 0.15) is 44.4 Å². The molecule has 1 unspecified atom stereocenters. The van der Waals surface area contributed by atoms with Crippen LogP contribution in [0.2, 0.25) is 0 Å². The van der Waals surface area contributed by atoms with Gasteiger partial charge < -0.3 is 14.8 Å². The lowest BCUT2D eigenvalue weighted by Gasteiger charge is -2.37. The SMILES string of the molecule is CCc1ccc(OCC(=O)NC2CC(C)(C)Oc3ccccc32)c(Br)c1. The lowest BCUT2D eigenvalue weighted by Crippen LogP contribution is -2.42. The Hall–Kier alpha value is -2.01. The van der Waals surface area contributed by atoms with Crippen molar-refractivity contribution >= 4 is 21.8 Å². The van der Waals surface area contributed by atoms with E-state index in [2.05, 4.69) is 28.2 Å². The van der Waals surface area contributed by atoms with Crippen LogP contribution in [-0.2, 0) is 11.2 Å². The van der Waals surface area contributed by atoms with Gasteiger partial charge in [0.25, 0.3) is 5.91 Å². The van der Waals surface area contributed by atoms with Crippen LogP contribution in [0.25, 0.3) is 0 Å². The van der Waals surface area contributed by atoms with Crippen molar-refractivity contribution in [3.05, 3.63) is 58.1 Å². The fourth-order valence-electron chi connectivity index (χ4n) is 3.19. The van der Waals surface area contributed by atoms with E-state index in [1.165, 1.54) is 5.56 Å². The van der Waals surface area contributed by atoms with E-state index in [0.717, 1.165) is 22.2 Å². The Balaban J connectivity index is 1.65. The van der Waals surface area contributed by atoms with E-state index in [0.29, 0.717) is 12.2 Å². The van der Waals surface area contributed by atoms with Crippen LogP contribution >= 0.6 is 15.9 Å². The number of rotatable bonds is 5. The van der Waals surface area contributed by atoms with Crippen LogP contribution in [0.15, 0.2) is 46.9 Å². The molecule has 4 nitrogen and oxygen atoms in total. The molecule has 5 heteroatoms. The van der Waals surface area contributed by atoms with Gasteiger partial charge in [0, 0.05) is 12.0 Å². The van der Waals surface area contributed by atoms with Crippen LogP contribution in [0.5, 0.6) is 11.5 Å². The summed E-state index contributed by atoms with van der Waals surface area (Å²) in [5.74, 6) is 1.35. The number of benzene rings is 2. The molecule has 1 atom stereocenters. The fourth-order valence-corrected chi connectivity index (χ4v) is 3.73. The molecule has 0 bridgehead atoms. The second-order valence-corrected chi connectivity index (χ2v) is 7.99. The number of amides is 1. The van der Waals surface area contributed by atoms with E-state index < -0.39 is 0 Å². The number of nitrogens with one attached hydrogen (secondary N) is 1. The molecule has 0 saturated heterocycles. The highest BCUT2D eigenvalue weighted by molar-refractivity contribution is 9.10. The summed E-state index contributed by atoms with van der Waals surface area (Å²) in [7, 11) is 0. The summed E-state index contributed by atoms with van der Waals surface area (Å²) in [6, 6.07) is 13.7. The molecule has 26 heavy (non-hydrogen) atoms. The molecule has 2 aromatic carbocycles. The van der Waals surface area contributed by atoms with Gasteiger partial charge in [-0.15, -0.1) is 0 Å². The van der Waals surface area contributed by atoms with Crippen LogP contribution in [-0.4, -0.2) is 18.1 Å². The van der Waals surface area contributed by atoms with E-state index in [9.17, 15) is 4.79 Å². The predicted octanol–water partition coefficient (Wildman–Crippen LogP) is 4.81. The molecule has 0 saturated carbocycles. The molecule has 0 aromatic heterocycles. The van der Waals surface area contributed by atoms with Crippen molar-refractivity contribution in [1.29, 1.82) is 0 Å². The summed E-state index contributed by atoms with van der Waals surface area (Å²) in [6.45, 7) is 6.14. The van der Waals surface area contributed by atoms with Gasteiger partial charge >= 0.3 is 0 Å². The summed E-state index contributed by atoms with van der Waals surface area (Å²) in [5, 5.41) is 3.08. The molecule has 138 valence electrons. The molecule has 1 amide bonds. The lowest BCUT2D eigenvalue weighted by atomic mass is 9.90. The van der Waals surface area contributed by atoms with Crippen molar-refractivity contribution in [2.75, 3.05) is 6.61 Å². The molecule has 0 aliphatic carbocycles. The minimum atomic E-state index is -0.327. The highest BCUT2D eigenvalue weighted by Crippen LogP contribution is 2.39. The quantitative estimate of drug-likeness (QED) is 0.758. The topological polar surface area (TPSA) is 47.6 Å². The number of carbonyl (C=O) groups excluding carboxylic acids is 1. The van der Waals surface area contributed by atoms with Gasteiger partial charge in [0.15, 0.2) is 6.61 Å². The first-order chi connectivity index (χ1) is 12.4. The smallest absolute Gasteiger partial charge is 0.258 e. The number of ether oxygens (including phenoxy) is 2. The normalized spacial score (nSPS) is 17.8. The number of hydrogen-bond acceptors (Lipinski definition) is 3. The molecule has 3 rings (SSSR count). The van der Waals surface area contributed by atoms with Gasteiger partial charge in [-0.25, -0.2) is 0 Å². The average molecular weight is 418 g/mol. The zero-order chi connectivity index (χ0) is 18.7. The molecular formula is C21H24BrNO3. The molecule has 1 heterocycles. The zero-order valence-corrected chi connectivity index (χ0v) is 16.9. The first-order valence-electron chi connectivity index (χ1n) is 8.86. The molecule has 1 N–H and O–H groups in total.